The van der Waals surface area contributed by atoms with Crippen molar-refractivity contribution in [3.63, 3.8) is 0 Å². The van der Waals surface area contributed by atoms with Gasteiger partial charge in [0.05, 0.1) is 6.04 Å². The Kier molecular flexibility index (Phi) is 9.21. The third kappa shape index (κ3) is 7.20. The van der Waals surface area contributed by atoms with Gasteiger partial charge in [0, 0.05) is 17.8 Å². The molecule has 2 aliphatic carbocycles. The second-order valence-corrected chi connectivity index (χ2v) is 10.9. The fourth-order valence-electron chi connectivity index (χ4n) is 6.00. The number of fused-ring (bicyclic) bond motifs is 1. The number of hydrogen-bond acceptors (Lipinski definition) is 5. The Balaban J connectivity index is 1.42. The van der Waals surface area contributed by atoms with Gasteiger partial charge in [-0.3, -0.25) is 9.59 Å². The predicted octanol–water partition coefficient (Wildman–Crippen LogP) is 3.98. The predicted molar refractivity (Wildman–Crippen MR) is 143 cm³/mol. The molecule has 2 amide bonds. The number of nitrogens with two attached hydrogens (primary N) is 2. The molecule has 0 bridgehead atoms. The second kappa shape index (κ2) is 12.5. The van der Waals surface area contributed by atoms with Crippen LogP contribution >= 0.6 is 11.6 Å². The zero-order valence-electron chi connectivity index (χ0n) is 20.8. The van der Waals surface area contributed by atoms with Gasteiger partial charge in [-0.15, -0.1) is 0 Å². The van der Waals surface area contributed by atoms with Crippen LogP contribution in [-0.2, 0) is 22.6 Å². The van der Waals surface area contributed by atoms with Crippen molar-refractivity contribution in [1.29, 1.82) is 0 Å². The van der Waals surface area contributed by atoms with Crippen LogP contribution in [0.25, 0.3) is 0 Å². The summed E-state index contributed by atoms with van der Waals surface area (Å²) in [5.74, 6) is 1.77. The number of pyridine rings is 1. The van der Waals surface area contributed by atoms with E-state index in [2.05, 4.69) is 15.6 Å². The van der Waals surface area contributed by atoms with E-state index in [1.165, 1.54) is 38.5 Å². The number of aromatic nitrogens is 1. The molecule has 8 heteroatoms. The minimum atomic E-state index is -0.753. The van der Waals surface area contributed by atoms with E-state index in [4.69, 9.17) is 23.1 Å². The molecule has 0 aliphatic heterocycles. The van der Waals surface area contributed by atoms with Crippen LogP contribution in [0.5, 0.6) is 0 Å². The maximum absolute atomic E-state index is 13.3. The maximum Gasteiger partial charge on any atom is 0.242 e. The molecule has 2 aromatic rings. The van der Waals surface area contributed by atoms with Gasteiger partial charge in [-0.1, -0.05) is 68.3 Å². The Morgan fingerprint density at radius 1 is 0.972 bits per heavy atom. The molecule has 1 heterocycles. The normalized spacial score (nSPS) is 23.2. The van der Waals surface area contributed by atoms with E-state index in [1.54, 1.807) is 24.4 Å². The standard InChI is InChI=1S/C28H38ClN5O2/c29-22-11-8-18(9-12-22)14-24(30)27(35)34-25(28(36)33-17-19-10-13-26(31)32-16-19)15-21-6-3-5-20-4-1-2-7-23(20)21/h8-13,16,20-21,23-25H,1-7,14-15,17,30H2,(H2,31,32)(H,33,36)(H,34,35)/t20?,21?,23?,24-,25+/m1/s1. The molecule has 6 N–H and O–H groups in total. The van der Waals surface area contributed by atoms with Gasteiger partial charge in [0.1, 0.15) is 11.9 Å². The number of hydrogen-bond donors (Lipinski definition) is 4. The quantitative estimate of drug-likeness (QED) is 0.405. The summed E-state index contributed by atoms with van der Waals surface area (Å²) in [6.45, 7) is 0.325. The zero-order valence-corrected chi connectivity index (χ0v) is 21.6. The van der Waals surface area contributed by atoms with Gasteiger partial charge < -0.3 is 22.1 Å². The summed E-state index contributed by atoms with van der Waals surface area (Å²) < 4.78 is 0. The minimum Gasteiger partial charge on any atom is -0.384 e. The van der Waals surface area contributed by atoms with Crippen LogP contribution in [0.2, 0.25) is 5.02 Å². The first-order chi connectivity index (χ1) is 17.4. The first-order valence-corrected chi connectivity index (χ1v) is 13.6. The summed E-state index contributed by atoms with van der Waals surface area (Å²) >= 11 is 5.97. The van der Waals surface area contributed by atoms with Crippen molar-refractivity contribution >= 4 is 29.2 Å². The van der Waals surface area contributed by atoms with E-state index in [0.29, 0.717) is 42.1 Å². The molecule has 2 fully saturated rings. The molecule has 194 valence electrons. The van der Waals surface area contributed by atoms with Crippen molar-refractivity contribution in [3.8, 4) is 0 Å². The van der Waals surface area contributed by atoms with Crippen LogP contribution in [0, 0.1) is 17.8 Å². The second-order valence-electron chi connectivity index (χ2n) is 10.4. The van der Waals surface area contributed by atoms with Crippen molar-refractivity contribution in [1.82, 2.24) is 15.6 Å². The smallest absolute Gasteiger partial charge is 0.242 e. The molecule has 5 atom stereocenters. The first kappa shape index (κ1) is 26.4. The zero-order chi connectivity index (χ0) is 25.5. The lowest BCUT2D eigenvalue weighted by Gasteiger charge is -2.42. The third-order valence-electron chi connectivity index (χ3n) is 7.91. The average molecular weight is 512 g/mol. The van der Waals surface area contributed by atoms with Gasteiger partial charge >= 0.3 is 0 Å². The number of carbonyl (C=O) groups excluding carboxylic acids is 2. The lowest BCUT2D eigenvalue weighted by atomic mass is 9.64. The third-order valence-corrected chi connectivity index (χ3v) is 8.17. The number of amides is 2. The van der Waals surface area contributed by atoms with Crippen LogP contribution in [0.1, 0.15) is 62.5 Å². The molecule has 0 spiro atoms. The lowest BCUT2D eigenvalue weighted by molar-refractivity contribution is -0.130. The molecule has 4 rings (SSSR count). The number of nitrogen functional groups attached to an aromatic ring is 1. The van der Waals surface area contributed by atoms with Crippen LogP contribution in [0.3, 0.4) is 0 Å². The molecule has 3 unspecified atom stereocenters. The highest BCUT2D eigenvalue weighted by molar-refractivity contribution is 6.30. The lowest BCUT2D eigenvalue weighted by Crippen LogP contribution is -2.53. The average Bonchev–Trinajstić information content (AvgIpc) is 2.89. The summed E-state index contributed by atoms with van der Waals surface area (Å²) in [7, 11) is 0. The highest BCUT2D eigenvalue weighted by Gasteiger charge is 2.37. The molecular weight excluding hydrogens is 474 g/mol. The van der Waals surface area contributed by atoms with E-state index in [-0.39, 0.29) is 11.8 Å². The van der Waals surface area contributed by atoms with Gasteiger partial charge in [0.15, 0.2) is 0 Å². The Morgan fingerprint density at radius 3 is 2.44 bits per heavy atom. The fourth-order valence-corrected chi connectivity index (χ4v) is 6.12. The number of nitrogens with zero attached hydrogens (tertiary/aromatic N) is 1. The van der Waals surface area contributed by atoms with Crippen molar-refractivity contribution in [2.45, 2.75) is 76.4 Å². The van der Waals surface area contributed by atoms with Crippen molar-refractivity contribution in [2.24, 2.45) is 23.5 Å². The summed E-state index contributed by atoms with van der Waals surface area (Å²) in [6.07, 6.45) is 11.4. The van der Waals surface area contributed by atoms with Gasteiger partial charge in [0.2, 0.25) is 11.8 Å². The van der Waals surface area contributed by atoms with E-state index in [1.807, 2.05) is 18.2 Å². The number of rotatable bonds is 9. The van der Waals surface area contributed by atoms with Crippen molar-refractivity contribution < 1.29 is 9.59 Å². The largest absolute Gasteiger partial charge is 0.384 e. The number of benzene rings is 1. The summed E-state index contributed by atoms with van der Waals surface area (Å²) in [6, 6.07) is 9.48. The molecule has 36 heavy (non-hydrogen) atoms. The molecule has 1 aromatic heterocycles. The Bertz CT molecular complexity index is 1010. The molecule has 2 saturated carbocycles. The molecule has 1 aromatic carbocycles. The topological polar surface area (TPSA) is 123 Å². The Hall–Kier alpha value is -2.64. The van der Waals surface area contributed by atoms with E-state index < -0.39 is 12.1 Å². The summed E-state index contributed by atoms with van der Waals surface area (Å²) in [5, 5.41) is 6.63. The van der Waals surface area contributed by atoms with E-state index >= 15 is 0 Å². The molecular formula is C28H38ClN5O2. The molecule has 2 aliphatic rings. The number of carbonyl (C=O) groups is 2. The highest BCUT2D eigenvalue weighted by Crippen LogP contribution is 2.45. The van der Waals surface area contributed by atoms with Gasteiger partial charge in [-0.05, 0) is 66.3 Å². The number of anilines is 1. The SMILES string of the molecule is Nc1ccc(CNC(=O)[C@H](CC2CCCC3CCCCC32)NC(=O)[C@H](N)Cc2ccc(Cl)cc2)cn1. The van der Waals surface area contributed by atoms with E-state index in [0.717, 1.165) is 23.5 Å². The monoisotopic (exact) mass is 511 g/mol. The van der Waals surface area contributed by atoms with Gasteiger partial charge in [-0.25, -0.2) is 4.98 Å². The number of nitrogens with one attached hydrogen (secondary N) is 2. The van der Waals surface area contributed by atoms with Gasteiger partial charge in [0.25, 0.3) is 0 Å². The fraction of sp³-hybridized carbons (Fsp3) is 0.536. The van der Waals surface area contributed by atoms with Crippen LogP contribution in [-0.4, -0.2) is 28.9 Å². The van der Waals surface area contributed by atoms with Crippen molar-refractivity contribution in [2.75, 3.05) is 5.73 Å². The van der Waals surface area contributed by atoms with Crippen LogP contribution < -0.4 is 22.1 Å². The molecule has 0 radical (unpaired) electrons. The minimum absolute atomic E-state index is 0.184. The van der Waals surface area contributed by atoms with Crippen LogP contribution in [0.15, 0.2) is 42.6 Å². The van der Waals surface area contributed by atoms with Gasteiger partial charge in [-0.2, -0.15) is 0 Å². The Labute approximate surface area is 218 Å². The maximum atomic E-state index is 13.3. The summed E-state index contributed by atoms with van der Waals surface area (Å²) in [4.78, 5) is 30.5. The van der Waals surface area contributed by atoms with Crippen LogP contribution in [0.4, 0.5) is 5.82 Å². The highest BCUT2D eigenvalue weighted by atomic mass is 35.5. The summed E-state index contributed by atoms with van der Waals surface area (Å²) in [5.41, 5.74) is 13.7. The molecule has 0 saturated heterocycles. The van der Waals surface area contributed by atoms with Crippen molar-refractivity contribution in [3.05, 3.63) is 58.7 Å². The Morgan fingerprint density at radius 2 is 1.69 bits per heavy atom. The van der Waals surface area contributed by atoms with E-state index in [9.17, 15) is 9.59 Å². The first-order valence-electron chi connectivity index (χ1n) is 13.2. The molecule has 7 nitrogen and oxygen atoms in total. The number of halogens is 1.